The Morgan fingerprint density at radius 3 is 2.38 bits per heavy atom. The van der Waals surface area contributed by atoms with Gasteiger partial charge in [-0.3, -0.25) is 14.4 Å². The van der Waals surface area contributed by atoms with Crippen LogP contribution >= 0.6 is 0 Å². The summed E-state index contributed by atoms with van der Waals surface area (Å²) in [4.78, 5) is 42.0. The molecule has 9 rings (SSSR count). The van der Waals surface area contributed by atoms with Crippen LogP contribution in [0.4, 0.5) is 5.69 Å². The molecule has 8 aliphatic rings. The monoisotopic (exact) mass is 905 g/mol. The number of benzene rings is 1. The fraction of sp³-hybridized carbons (Fsp3) is 0.737. The molecule has 0 radical (unpaired) electrons. The lowest BCUT2D eigenvalue weighted by molar-refractivity contribution is -0.204. The number of carbonyl (C=O) groups is 3. The molecule has 360 valence electrons. The Labute approximate surface area is 395 Å². The summed E-state index contributed by atoms with van der Waals surface area (Å²) in [5, 5.41) is 45.5. The number of fused-ring (bicyclic) bond motifs is 9. The summed E-state index contributed by atoms with van der Waals surface area (Å²) in [5.74, 6) is 8.32. The maximum Gasteiger partial charge on any atom is 0.303 e. The van der Waals surface area contributed by atoms with Crippen LogP contribution in [0.15, 0.2) is 47.1 Å². The van der Waals surface area contributed by atoms with Crippen LogP contribution in [0.2, 0.25) is 0 Å². The van der Waals surface area contributed by atoms with Gasteiger partial charge in [0.2, 0.25) is 5.91 Å². The highest BCUT2D eigenvalue weighted by molar-refractivity contribution is 5.93. The summed E-state index contributed by atoms with van der Waals surface area (Å²) in [5.41, 5.74) is 4.93. The number of hydrogen-bond donors (Lipinski definition) is 4. The predicted octanol–water partition coefficient (Wildman–Crippen LogP) is 9.49. The molecule has 0 bridgehead atoms. The van der Waals surface area contributed by atoms with Crippen molar-refractivity contribution in [3.63, 3.8) is 0 Å². The predicted molar refractivity (Wildman–Crippen MR) is 258 cm³/mol. The Morgan fingerprint density at radius 1 is 0.894 bits per heavy atom. The van der Waals surface area contributed by atoms with Gasteiger partial charge in [-0.1, -0.05) is 51.3 Å². The molecule has 0 unspecified atom stereocenters. The lowest BCUT2D eigenvalue weighted by atomic mass is 9.43. The number of rotatable bonds is 11. The molecule has 1 aromatic carbocycles. The van der Waals surface area contributed by atoms with E-state index >= 15 is 0 Å². The third-order valence-corrected chi connectivity index (χ3v) is 21.1. The van der Waals surface area contributed by atoms with Gasteiger partial charge in [0, 0.05) is 63.0 Å². The molecule has 6 fully saturated rings. The van der Waals surface area contributed by atoms with E-state index in [9.17, 15) is 34.8 Å². The molecule has 1 amide bonds. The third-order valence-electron chi connectivity index (χ3n) is 21.1. The largest absolute Gasteiger partial charge is 0.481 e. The third kappa shape index (κ3) is 7.74. The molecule has 0 heterocycles. The van der Waals surface area contributed by atoms with Crippen molar-refractivity contribution in [2.24, 2.45) is 63.6 Å². The first kappa shape index (κ1) is 47.6. The van der Waals surface area contributed by atoms with Gasteiger partial charge in [0.15, 0.2) is 5.78 Å². The Balaban J connectivity index is 0.819. The van der Waals surface area contributed by atoms with Crippen LogP contribution in [0.3, 0.4) is 0 Å². The van der Waals surface area contributed by atoms with Crippen molar-refractivity contribution >= 4 is 23.3 Å². The van der Waals surface area contributed by atoms with Crippen molar-refractivity contribution in [3.05, 3.63) is 52.6 Å². The van der Waals surface area contributed by atoms with Crippen molar-refractivity contribution in [2.75, 3.05) is 25.5 Å². The van der Waals surface area contributed by atoms with Crippen molar-refractivity contribution in [2.45, 2.75) is 180 Å². The second-order valence-electron chi connectivity index (χ2n) is 23.8. The minimum Gasteiger partial charge on any atom is -0.481 e. The zero-order chi connectivity index (χ0) is 47.1. The van der Waals surface area contributed by atoms with E-state index in [-0.39, 0.29) is 75.9 Å². The van der Waals surface area contributed by atoms with Crippen LogP contribution in [-0.2, 0) is 14.4 Å². The lowest BCUT2D eigenvalue weighted by Gasteiger charge is -2.64. The number of hydrogen-bond acceptors (Lipinski definition) is 7. The number of ketones is 1. The van der Waals surface area contributed by atoms with E-state index in [0.717, 1.165) is 89.3 Å². The standard InChI is InChI=1S/C57H80N2O7/c1-8-25-57(66)27-24-45-42-18-14-36-29-40(60)17-19-41(36)52(42)43(33-55(45,57)4)35-12-15-38(16-13-35)58(6)28-9-10-50(63)59(7)39-23-26-54(3)37(30-39)31-48(61)53-46-21-20-44(34(2)11-22-51(64)65)56(46,5)49(62)32-47(53)54/h12-13,15-16,29,34,37,39,42-49,53,61-62,66H,9-11,14,17-24,26-28,30-33H2,1-7H3,(H,64,65)/t34-,37+,39-,42+,43-,44-,45+,46+,47+,48-,49+,53+,54+,55+,56-,57+/m1/s1. The second-order valence-corrected chi connectivity index (χ2v) is 23.8. The maximum absolute atomic E-state index is 13.8. The minimum absolute atomic E-state index is 0.00479. The fourth-order valence-electron chi connectivity index (χ4n) is 17.3. The van der Waals surface area contributed by atoms with Gasteiger partial charge in [0.25, 0.3) is 0 Å². The summed E-state index contributed by atoms with van der Waals surface area (Å²) in [6.45, 7) is 11.7. The number of amides is 1. The Morgan fingerprint density at radius 2 is 1.65 bits per heavy atom. The number of allylic oxidation sites excluding steroid dienone is 4. The number of carbonyl (C=O) groups excluding carboxylic acids is 2. The van der Waals surface area contributed by atoms with E-state index in [2.05, 4.69) is 75.7 Å². The Kier molecular flexibility index (Phi) is 12.9. The summed E-state index contributed by atoms with van der Waals surface area (Å²) >= 11 is 0. The topological polar surface area (TPSA) is 139 Å². The molecule has 4 N–H and O–H groups in total. The van der Waals surface area contributed by atoms with Gasteiger partial charge in [-0.05, 0) is 196 Å². The first-order chi connectivity index (χ1) is 31.3. The van der Waals surface area contributed by atoms with Gasteiger partial charge < -0.3 is 30.2 Å². The van der Waals surface area contributed by atoms with Gasteiger partial charge in [-0.25, -0.2) is 0 Å². The van der Waals surface area contributed by atoms with E-state index in [4.69, 9.17) is 0 Å². The molecule has 0 aliphatic heterocycles. The van der Waals surface area contributed by atoms with Crippen molar-refractivity contribution in [3.8, 4) is 11.8 Å². The molecule has 1 aromatic rings. The molecule has 16 atom stereocenters. The average Bonchev–Trinajstić information content (AvgIpc) is 3.78. The Bertz CT molecular complexity index is 2190. The molecular formula is C57H80N2O7. The van der Waals surface area contributed by atoms with Gasteiger partial charge in [0.1, 0.15) is 5.60 Å². The summed E-state index contributed by atoms with van der Waals surface area (Å²) in [6.07, 6.45) is 15.2. The second kappa shape index (κ2) is 17.8. The average molecular weight is 905 g/mol. The number of anilines is 1. The summed E-state index contributed by atoms with van der Waals surface area (Å²) in [7, 11) is 4.09. The Hall–Kier alpha value is -3.45. The zero-order valence-electron chi connectivity index (χ0n) is 41.2. The number of aliphatic carboxylic acids is 1. The molecule has 66 heavy (non-hydrogen) atoms. The van der Waals surface area contributed by atoms with E-state index in [0.29, 0.717) is 49.9 Å². The molecule has 0 saturated heterocycles. The number of aliphatic hydroxyl groups is 3. The number of aliphatic hydroxyl groups excluding tert-OH is 2. The summed E-state index contributed by atoms with van der Waals surface area (Å²) < 4.78 is 0. The van der Waals surface area contributed by atoms with Crippen LogP contribution in [-0.4, -0.2) is 87.5 Å². The molecule has 9 heteroatoms. The molecule has 0 spiro atoms. The van der Waals surface area contributed by atoms with E-state index in [1.807, 2.05) is 24.9 Å². The molecule has 8 aliphatic carbocycles. The van der Waals surface area contributed by atoms with Crippen LogP contribution in [0, 0.1) is 75.4 Å². The van der Waals surface area contributed by atoms with Crippen molar-refractivity contribution in [1.82, 2.24) is 4.90 Å². The van der Waals surface area contributed by atoms with Gasteiger partial charge >= 0.3 is 5.97 Å². The van der Waals surface area contributed by atoms with Crippen LogP contribution in [0.25, 0.3) is 0 Å². The number of nitrogens with zero attached hydrogens (tertiary/aromatic N) is 2. The highest BCUT2D eigenvalue weighted by Crippen LogP contribution is 2.69. The van der Waals surface area contributed by atoms with E-state index in [1.165, 1.54) is 22.3 Å². The van der Waals surface area contributed by atoms with Crippen molar-refractivity contribution in [1.29, 1.82) is 0 Å². The van der Waals surface area contributed by atoms with Crippen LogP contribution in [0.5, 0.6) is 0 Å². The first-order valence-corrected chi connectivity index (χ1v) is 26.1. The quantitative estimate of drug-likeness (QED) is 0.161. The first-order valence-electron chi connectivity index (χ1n) is 26.1. The van der Waals surface area contributed by atoms with Crippen LogP contribution < -0.4 is 4.90 Å². The normalized spacial score (nSPS) is 41.7. The molecule has 9 nitrogen and oxygen atoms in total. The minimum atomic E-state index is -1.000. The van der Waals surface area contributed by atoms with E-state index in [1.54, 1.807) is 0 Å². The van der Waals surface area contributed by atoms with Crippen molar-refractivity contribution < 1.29 is 34.8 Å². The highest BCUT2D eigenvalue weighted by Gasteiger charge is 2.66. The van der Waals surface area contributed by atoms with Crippen LogP contribution in [0.1, 0.15) is 162 Å². The van der Waals surface area contributed by atoms with Gasteiger partial charge in [0.05, 0.1) is 12.2 Å². The van der Waals surface area contributed by atoms with Gasteiger partial charge in [-0.15, -0.1) is 5.92 Å². The molecule has 0 aromatic heterocycles. The molecule has 6 saturated carbocycles. The SMILES string of the molecule is CC#C[C@]1(O)CC[C@H]2[C@@H]3CCC4=CC(=O)CCC4=C3[C@@H](c3ccc(N(C)CCCC(=O)N(C)[C@@H]4CC[C@@]5(C)[C@@H](C4)C[C@@H](O)[C@@H]4[C@@H]5C[C@H](O)[C@]5(C)[C@@H]([C@H](C)CCC(=O)O)CC[C@@H]45)cc3)C[C@@]21C. The fourth-order valence-corrected chi connectivity index (χ4v) is 17.3. The van der Waals surface area contributed by atoms with Gasteiger partial charge in [-0.2, -0.15) is 0 Å². The summed E-state index contributed by atoms with van der Waals surface area (Å²) in [6, 6.07) is 9.13. The highest BCUT2D eigenvalue weighted by atomic mass is 16.4. The lowest BCUT2D eigenvalue weighted by Crippen LogP contribution is -2.63. The molecular weight excluding hydrogens is 825 g/mol. The smallest absolute Gasteiger partial charge is 0.303 e. The maximum atomic E-state index is 13.8. The zero-order valence-corrected chi connectivity index (χ0v) is 41.2. The number of carboxylic acids is 1. The van der Waals surface area contributed by atoms with E-state index < -0.39 is 23.8 Å². The number of carboxylic acid groups (broad SMARTS) is 1.